The highest BCUT2D eigenvalue weighted by Crippen LogP contribution is 2.39. The molecule has 1 aliphatic heterocycles. The molecule has 3 atom stereocenters. The van der Waals surface area contributed by atoms with E-state index in [1.54, 1.807) is 11.8 Å². The van der Waals surface area contributed by atoms with Crippen LogP contribution in [0.4, 0.5) is 5.69 Å². The molecule has 0 radical (unpaired) electrons. The lowest BCUT2D eigenvalue weighted by atomic mass is 10.0. The number of aliphatic carboxylic acids is 1. The Morgan fingerprint density at radius 2 is 1.55 bits per heavy atom. The number of aliphatic hydroxyl groups is 1. The molecule has 1 saturated heterocycles. The van der Waals surface area contributed by atoms with Gasteiger partial charge in [-0.25, -0.2) is 0 Å². The first kappa shape index (κ1) is 27.9. The summed E-state index contributed by atoms with van der Waals surface area (Å²) in [7, 11) is 0. The third-order valence-electron chi connectivity index (χ3n) is 6.31. The van der Waals surface area contributed by atoms with Gasteiger partial charge in [0.25, 0.3) is 0 Å². The van der Waals surface area contributed by atoms with Crippen molar-refractivity contribution in [3.05, 3.63) is 95.6 Å². The number of carbonyl (C=O) groups is 2. The summed E-state index contributed by atoms with van der Waals surface area (Å²) in [5, 5.41) is 21.0. The number of nitrogens with one attached hydrogen (secondary N) is 1. The van der Waals surface area contributed by atoms with Crippen molar-refractivity contribution < 1.29 is 29.3 Å². The quantitative estimate of drug-likeness (QED) is 0.190. The predicted octanol–water partition coefficient (Wildman–Crippen LogP) is 6.10. The molecular formula is C30H33NO6S. The van der Waals surface area contributed by atoms with Crippen LogP contribution in [-0.4, -0.2) is 33.9 Å². The Morgan fingerprint density at radius 1 is 0.868 bits per heavy atom. The number of ether oxygens (including phenoxy) is 2. The van der Waals surface area contributed by atoms with Gasteiger partial charge in [0, 0.05) is 41.2 Å². The fourth-order valence-corrected chi connectivity index (χ4v) is 5.18. The van der Waals surface area contributed by atoms with E-state index < -0.39 is 12.3 Å². The summed E-state index contributed by atoms with van der Waals surface area (Å²) in [6.45, 7) is -0.000891. The lowest BCUT2D eigenvalue weighted by Crippen LogP contribution is -2.31. The van der Waals surface area contributed by atoms with Crippen LogP contribution in [0, 0.1) is 0 Å². The number of thioether (sulfide) groups is 1. The van der Waals surface area contributed by atoms with E-state index in [-0.39, 0.29) is 37.6 Å². The van der Waals surface area contributed by atoms with Crippen LogP contribution in [0.2, 0.25) is 0 Å². The fraction of sp³-hybridized carbons (Fsp3) is 0.333. The van der Waals surface area contributed by atoms with Gasteiger partial charge in [-0.05, 0) is 48.2 Å². The van der Waals surface area contributed by atoms with Crippen molar-refractivity contribution >= 4 is 29.3 Å². The van der Waals surface area contributed by atoms with E-state index in [0.717, 1.165) is 22.4 Å². The first-order chi connectivity index (χ1) is 18.5. The molecular weight excluding hydrogens is 502 g/mol. The van der Waals surface area contributed by atoms with E-state index >= 15 is 0 Å². The van der Waals surface area contributed by atoms with Gasteiger partial charge in [-0.15, -0.1) is 11.8 Å². The summed E-state index contributed by atoms with van der Waals surface area (Å²) in [5.41, 5.74) is 3.42. The van der Waals surface area contributed by atoms with Crippen molar-refractivity contribution in [2.75, 3.05) is 11.1 Å². The Hall–Kier alpha value is -3.17. The van der Waals surface area contributed by atoms with Crippen LogP contribution in [-0.2, 0) is 25.7 Å². The van der Waals surface area contributed by atoms with Gasteiger partial charge in [-0.1, -0.05) is 54.6 Å². The molecule has 0 bridgehead atoms. The Labute approximate surface area is 227 Å². The summed E-state index contributed by atoms with van der Waals surface area (Å²) in [6, 6.07) is 25.5. The predicted molar refractivity (Wildman–Crippen MR) is 147 cm³/mol. The Balaban J connectivity index is 1.41. The van der Waals surface area contributed by atoms with Crippen molar-refractivity contribution in [3.8, 4) is 0 Å². The summed E-state index contributed by atoms with van der Waals surface area (Å²) >= 11 is 1.75. The van der Waals surface area contributed by atoms with Gasteiger partial charge in [0.15, 0.2) is 6.29 Å². The molecule has 4 rings (SSSR count). The second-order valence-electron chi connectivity index (χ2n) is 9.25. The third kappa shape index (κ3) is 8.43. The molecule has 8 heteroatoms. The number of benzene rings is 3. The molecule has 38 heavy (non-hydrogen) atoms. The zero-order valence-corrected chi connectivity index (χ0v) is 21.9. The van der Waals surface area contributed by atoms with Gasteiger partial charge in [0.2, 0.25) is 5.91 Å². The van der Waals surface area contributed by atoms with Crippen molar-refractivity contribution in [1.82, 2.24) is 0 Å². The largest absolute Gasteiger partial charge is 0.481 e. The molecule has 1 amide bonds. The normalized spacial score (nSPS) is 19.1. The molecule has 0 aromatic heterocycles. The highest BCUT2D eigenvalue weighted by atomic mass is 32.2. The van der Waals surface area contributed by atoms with E-state index in [0.29, 0.717) is 24.9 Å². The average Bonchev–Trinajstić information content (AvgIpc) is 2.95. The molecule has 3 aromatic carbocycles. The zero-order valence-electron chi connectivity index (χ0n) is 21.1. The van der Waals surface area contributed by atoms with Gasteiger partial charge in [0.1, 0.15) is 0 Å². The van der Waals surface area contributed by atoms with E-state index in [1.807, 2.05) is 66.7 Å². The highest BCUT2D eigenvalue weighted by molar-refractivity contribution is 7.99. The number of hydrogen-bond acceptors (Lipinski definition) is 6. The van der Waals surface area contributed by atoms with Crippen molar-refractivity contribution in [2.24, 2.45) is 0 Å². The number of aliphatic hydroxyl groups excluding tert-OH is 1. The maximum Gasteiger partial charge on any atom is 0.303 e. The van der Waals surface area contributed by atoms with E-state index in [2.05, 4.69) is 17.4 Å². The molecule has 7 nitrogen and oxygen atoms in total. The number of hydrogen-bond donors (Lipinski definition) is 3. The highest BCUT2D eigenvalue weighted by Gasteiger charge is 2.32. The van der Waals surface area contributed by atoms with E-state index in [1.165, 1.54) is 4.90 Å². The number of rotatable bonds is 12. The molecule has 0 saturated carbocycles. The number of carbonyl (C=O) groups excluding carboxylic acids is 1. The number of amides is 1. The molecule has 1 fully saturated rings. The molecule has 0 aliphatic carbocycles. The van der Waals surface area contributed by atoms with Gasteiger partial charge < -0.3 is 25.0 Å². The van der Waals surface area contributed by atoms with Gasteiger partial charge in [-0.3, -0.25) is 9.59 Å². The van der Waals surface area contributed by atoms with E-state index in [4.69, 9.17) is 14.6 Å². The van der Waals surface area contributed by atoms with E-state index in [9.17, 15) is 14.7 Å². The van der Waals surface area contributed by atoms with Crippen LogP contribution in [0.3, 0.4) is 0 Å². The minimum absolute atomic E-state index is 0.000891. The minimum atomic E-state index is -0.849. The van der Waals surface area contributed by atoms with Gasteiger partial charge >= 0.3 is 5.97 Å². The standard InChI is InChI=1S/C30H33NO6S/c32-19-21-10-12-22(13-11-21)27-18-25(20-38-26-6-2-1-3-7-26)36-30(37-27)23-14-16-24(17-15-23)31-28(33)8-4-5-9-29(34)35/h1-3,6-7,10-17,25,27,30,32H,4-5,8-9,18-20H2,(H,31,33)(H,34,35). The summed E-state index contributed by atoms with van der Waals surface area (Å²) < 4.78 is 12.8. The molecule has 3 N–H and O–H groups in total. The van der Waals surface area contributed by atoms with Crippen LogP contribution in [0.25, 0.3) is 0 Å². The zero-order chi connectivity index (χ0) is 26.7. The van der Waals surface area contributed by atoms with Crippen LogP contribution in [0.1, 0.15) is 61.2 Å². The molecule has 0 spiro atoms. The average molecular weight is 536 g/mol. The first-order valence-corrected chi connectivity index (χ1v) is 13.8. The lowest BCUT2D eigenvalue weighted by Gasteiger charge is -2.36. The lowest BCUT2D eigenvalue weighted by molar-refractivity contribution is -0.245. The fourth-order valence-electron chi connectivity index (χ4n) is 4.24. The maximum atomic E-state index is 12.2. The van der Waals surface area contributed by atoms with Crippen LogP contribution < -0.4 is 5.32 Å². The number of carboxylic acid groups (broad SMARTS) is 1. The van der Waals surface area contributed by atoms with Gasteiger partial charge in [-0.2, -0.15) is 0 Å². The number of unbranched alkanes of at least 4 members (excludes halogenated alkanes) is 1. The minimum Gasteiger partial charge on any atom is -0.481 e. The monoisotopic (exact) mass is 535 g/mol. The third-order valence-corrected chi connectivity index (χ3v) is 7.45. The Kier molecular flexibility index (Phi) is 10.3. The molecule has 3 aromatic rings. The van der Waals surface area contributed by atoms with Gasteiger partial charge in [0.05, 0.1) is 18.8 Å². The van der Waals surface area contributed by atoms with Crippen molar-refractivity contribution in [2.45, 2.75) is 62.1 Å². The molecule has 1 aliphatic rings. The Bertz CT molecular complexity index is 1170. The topological polar surface area (TPSA) is 105 Å². The van der Waals surface area contributed by atoms with Crippen LogP contribution in [0.5, 0.6) is 0 Å². The van der Waals surface area contributed by atoms with Crippen molar-refractivity contribution in [1.29, 1.82) is 0 Å². The van der Waals surface area contributed by atoms with Crippen LogP contribution in [0.15, 0.2) is 83.8 Å². The first-order valence-electron chi connectivity index (χ1n) is 12.8. The molecule has 1 heterocycles. The number of anilines is 1. The summed E-state index contributed by atoms with van der Waals surface area (Å²) in [5.74, 6) is -0.207. The second-order valence-corrected chi connectivity index (χ2v) is 10.3. The Morgan fingerprint density at radius 3 is 2.24 bits per heavy atom. The maximum absolute atomic E-state index is 12.2. The SMILES string of the molecule is O=C(O)CCCCC(=O)Nc1ccc(C2OC(CSc3ccccc3)CC(c3ccc(CO)cc3)O2)cc1. The molecule has 3 unspecified atom stereocenters. The smallest absolute Gasteiger partial charge is 0.303 e. The second kappa shape index (κ2) is 14.1. The molecule has 200 valence electrons. The summed E-state index contributed by atoms with van der Waals surface area (Å²) in [6.07, 6.45) is 1.31. The number of carboxylic acids is 1. The van der Waals surface area contributed by atoms with Crippen LogP contribution >= 0.6 is 11.8 Å². The summed E-state index contributed by atoms with van der Waals surface area (Å²) in [4.78, 5) is 24.0. The van der Waals surface area contributed by atoms with Crippen molar-refractivity contribution in [3.63, 3.8) is 0 Å².